The van der Waals surface area contributed by atoms with Gasteiger partial charge in [-0.15, -0.1) is 11.3 Å². The zero-order valence-corrected chi connectivity index (χ0v) is 11.0. The quantitative estimate of drug-likeness (QED) is 0.769. The van der Waals surface area contributed by atoms with Crippen molar-refractivity contribution in [3.05, 3.63) is 28.2 Å². The summed E-state index contributed by atoms with van der Waals surface area (Å²) in [5, 5.41) is 3.25. The van der Waals surface area contributed by atoms with Crippen LogP contribution in [0.15, 0.2) is 28.2 Å². The van der Waals surface area contributed by atoms with E-state index in [0.29, 0.717) is 0 Å². The summed E-state index contributed by atoms with van der Waals surface area (Å²) < 4.78 is 0. The molecule has 2 rings (SSSR count). The van der Waals surface area contributed by atoms with E-state index in [1.165, 1.54) is 16.3 Å². The van der Waals surface area contributed by atoms with Crippen molar-refractivity contribution in [2.75, 3.05) is 6.54 Å². The SMILES string of the molecule is CC(C)(C)C1=NCCC(Cc2nccs2)=C1. The summed E-state index contributed by atoms with van der Waals surface area (Å²) in [7, 11) is 0. The van der Waals surface area contributed by atoms with Gasteiger partial charge in [0.2, 0.25) is 0 Å². The Kier molecular flexibility index (Phi) is 3.24. The molecule has 0 aliphatic carbocycles. The van der Waals surface area contributed by atoms with Gasteiger partial charge >= 0.3 is 0 Å². The van der Waals surface area contributed by atoms with E-state index in [-0.39, 0.29) is 5.41 Å². The molecule has 1 aliphatic rings. The van der Waals surface area contributed by atoms with Crippen molar-refractivity contribution in [2.24, 2.45) is 10.4 Å². The maximum atomic E-state index is 4.60. The van der Waals surface area contributed by atoms with Crippen molar-refractivity contribution in [2.45, 2.75) is 33.6 Å². The van der Waals surface area contributed by atoms with Gasteiger partial charge in [-0.05, 0) is 12.5 Å². The van der Waals surface area contributed by atoms with Gasteiger partial charge in [-0.2, -0.15) is 0 Å². The highest BCUT2D eigenvalue weighted by molar-refractivity contribution is 7.09. The fourth-order valence-corrected chi connectivity index (χ4v) is 2.43. The number of hydrogen-bond acceptors (Lipinski definition) is 3. The molecule has 2 heterocycles. The molecule has 1 aromatic heterocycles. The second-order valence-corrected chi connectivity index (χ2v) is 6.15. The average molecular weight is 234 g/mol. The minimum atomic E-state index is 0.161. The highest BCUT2D eigenvalue weighted by Gasteiger charge is 2.19. The molecule has 0 radical (unpaired) electrons. The number of rotatable bonds is 2. The highest BCUT2D eigenvalue weighted by atomic mass is 32.1. The molecule has 3 heteroatoms. The maximum absolute atomic E-state index is 4.60. The third kappa shape index (κ3) is 2.79. The standard InChI is InChI=1S/C13H18N2S/c1-13(2,3)11-8-10(4-5-14-11)9-12-15-6-7-16-12/h6-8H,4-5,9H2,1-3H3. The van der Waals surface area contributed by atoms with Crippen molar-refractivity contribution >= 4 is 17.0 Å². The molecule has 0 aromatic carbocycles. The molecule has 0 N–H and O–H groups in total. The summed E-state index contributed by atoms with van der Waals surface area (Å²) in [5.41, 5.74) is 2.86. The van der Waals surface area contributed by atoms with Gasteiger partial charge in [0.1, 0.15) is 0 Å². The third-order valence-corrected chi connectivity index (χ3v) is 3.47. The smallest absolute Gasteiger partial charge is 0.0965 e. The number of aromatic nitrogens is 1. The topological polar surface area (TPSA) is 25.2 Å². The highest BCUT2D eigenvalue weighted by Crippen LogP contribution is 2.24. The van der Waals surface area contributed by atoms with Crippen LogP contribution in [0.5, 0.6) is 0 Å². The van der Waals surface area contributed by atoms with E-state index in [9.17, 15) is 0 Å². The first-order chi connectivity index (χ1) is 7.55. The molecule has 0 amide bonds. The average Bonchev–Trinajstić information content (AvgIpc) is 2.70. The predicted octanol–water partition coefficient (Wildman–Crippen LogP) is 3.50. The van der Waals surface area contributed by atoms with E-state index in [1.807, 2.05) is 11.6 Å². The van der Waals surface area contributed by atoms with Crippen molar-refractivity contribution in [3.8, 4) is 0 Å². The summed E-state index contributed by atoms with van der Waals surface area (Å²) in [6.45, 7) is 7.59. The second kappa shape index (κ2) is 4.50. The maximum Gasteiger partial charge on any atom is 0.0965 e. The number of aliphatic imine (C=N–C) groups is 1. The fraction of sp³-hybridized carbons (Fsp3) is 0.538. The second-order valence-electron chi connectivity index (χ2n) is 5.17. The minimum Gasteiger partial charge on any atom is -0.289 e. The van der Waals surface area contributed by atoms with Crippen LogP contribution in [0.3, 0.4) is 0 Å². The van der Waals surface area contributed by atoms with Crippen molar-refractivity contribution in [3.63, 3.8) is 0 Å². The summed E-state index contributed by atoms with van der Waals surface area (Å²) >= 11 is 1.73. The molecule has 86 valence electrons. The molecule has 1 aliphatic heterocycles. The van der Waals surface area contributed by atoms with Gasteiger partial charge in [-0.25, -0.2) is 4.98 Å². The van der Waals surface area contributed by atoms with Crippen LogP contribution in [0.1, 0.15) is 32.2 Å². The Hall–Kier alpha value is -0.960. The molecular weight excluding hydrogens is 216 g/mol. The molecule has 0 unspecified atom stereocenters. The minimum absolute atomic E-state index is 0.161. The zero-order chi connectivity index (χ0) is 11.6. The third-order valence-electron chi connectivity index (χ3n) is 2.69. The Morgan fingerprint density at radius 3 is 2.81 bits per heavy atom. The van der Waals surface area contributed by atoms with Crippen LogP contribution in [0.2, 0.25) is 0 Å². The fourth-order valence-electron chi connectivity index (χ4n) is 1.76. The van der Waals surface area contributed by atoms with Crippen LogP contribution in [-0.4, -0.2) is 17.2 Å². The number of dihydropyridines is 1. The summed E-state index contributed by atoms with van der Waals surface area (Å²) in [6.07, 6.45) is 6.22. The monoisotopic (exact) mass is 234 g/mol. The summed E-state index contributed by atoms with van der Waals surface area (Å²) in [5.74, 6) is 0. The van der Waals surface area contributed by atoms with Crippen LogP contribution in [0.4, 0.5) is 0 Å². The largest absolute Gasteiger partial charge is 0.289 e. The van der Waals surface area contributed by atoms with E-state index in [4.69, 9.17) is 0 Å². The van der Waals surface area contributed by atoms with Crippen LogP contribution < -0.4 is 0 Å². The first-order valence-corrected chi connectivity index (χ1v) is 6.56. The van der Waals surface area contributed by atoms with Gasteiger partial charge in [0, 0.05) is 35.7 Å². The number of hydrogen-bond donors (Lipinski definition) is 0. The van der Waals surface area contributed by atoms with Crippen molar-refractivity contribution in [1.29, 1.82) is 0 Å². The molecule has 16 heavy (non-hydrogen) atoms. The Morgan fingerprint density at radius 2 is 2.19 bits per heavy atom. The Bertz CT molecular complexity index is 408. The van der Waals surface area contributed by atoms with Gasteiger partial charge in [-0.1, -0.05) is 26.3 Å². The van der Waals surface area contributed by atoms with Crippen molar-refractivity contribution in [1.82, 2.24) is 4.98 Å². The van der Waals surface area contributed by atoms with Gasteiger partial charge in [-0.3, -0.25) is 4.99 Å². The lowest BCUT2D eigenvalue weighted by Gasteiger charge is -2.23. The van der Waals surface area contributed by atoms with Gasteiger partial charge in [0.15, 0.2) is 0 Å². The predicted molar refractivity (Wildman–Crippen MR) is 70.3 cm³/mol. The molecule has 0 saturated carbocycles. The van der Waals surface area contributed by atoms with E-state index in [2.05, 4.69) is 36.8 Å². The Morgan fingerprint density at radius 1 is 1.38 bits per heavy atom. The number of thiazole rings is 1. The lowest BCUT2D eigenvalue weighted by atomic mass is 9.86. The summed E-state index contributed by atoms with van der Waals surface area (Å²) in [4.78, 5) is 8.94. The van der Waals surface area contributed by atoms with E-state index < -0.39 is 0 Å². The van der Waals surface area contributed by atoms with Gasteiger partial charge in [0.05, 0.1) is 5.01 Å². The molecule has 0 spiro atoms. The van der Waals surface area contributed by atoms with Crippen LogP contribution >= 0.6 is 11.3 Å². The number of allylic oxidation sites excluding steroid dienone is 1. The van der Waals surface area contributed by atoms with E-state index in [1.54, 1.807) is 11.3 Å². The molecule has 0 fully saturated rings. The first kappa shape index (κ1) is 11.5. The van der Waals surface area contributed by atoms with Crippen LogP contribution in [0, 0.1) is 5.41 Å². The van der Waals surface area contributed by atoms with Gasteiger partial charge in [0.25, 0.3) is 0 Å². The zero-order valence-electron chi connectivity index (χ0n) is 10.2. The van der Waals surface area contributed by atoms with E-state index in [0.717, 1.165) is 19.4 Å². The van der Waals surface area contributed by atoms with E-state index >= 15 is 0 Å². The lowest BCUT2D eigenvalue weighted by Crippen LogP contribution is -2.21. The number of nitrogens with zero attached hydrogens (tertiary/aromatic N) is 2. The molecule has 1 aromatic rings. The Labute approximate surface area is 101 Å². The molecule has 0 atom stereocenters. The normalized spacial score (nSPS) is 16.9. The summed E-state index contributed by atoms with van der Waals surface area (Å²) in [6, 6.07) is 0. The van der Waals surface area contributed by atoms with Gasteiger partial charge < -0.3 is 0 Å². The Balaban J connectivity index is 2.12. The van der Waals surface area contributed by atoms with Crippen molar-refractivity contribution < 1.29 is 0 Å². The molecule has 2 nitrogen and oxygen atoms in total. The first-order valence-electron chi connectivity index (χ1n) is 5.68. The molecule has 0 saturated heterocycles. The van der Waals surface area contributed by atoms with Crippen LogP contribution in [0.25, 0.3) is 0 Å². The van der Waals surface area contributed by atoms with Crippen LogP contribution in [-0.2, 0) is 6.42 Å². The lowest BCUT2D eigenvalue weighted by molar-refractivity contribution is 0.587. The molecule has 0 bridgehead atoms. The molecular formula is C13H18N2S.